The van der Waals surface area contributed by atoms with E-state index in [4.69, 9.17) is 9.47 Å². The maximum atomic E-state index is 11.4. The Bertz CT molecular complexity index is 474. The van der Waals surface area contributed by atoms with Crippen LogP contribution in [0.2, 0.25) is 0 Å². The average Bonchev–Trinajstić information content (AvgIpc) is 2.76. The van der Waals surface area contributed by atoms with Crippen molar-refractivity contribution in [1.82, 2.24) is 0 Å². The van der Waals surface area contributed by atoms with Gasteiger partial charge < -0.3 is 14.3 Å². The molecule has 0 N–H and O–H groups in total. The molecule has 1 fully saturated rings. The number of amides is 1. The molecule has 1 aliphatic carbocycles. The summed E-state index contributed by atoms with van der Waals surface area (Å²) in [6.45, 7) is 1.99. The molecule has 2 heterocycles. The summed E-state index contributed by atoms with van der Waals surface area (Å²) in [7, 11) is 0. The topological polar surface area (TPSA) is 50.9 Å². The zero-order valence-corrected chi connectivity index (χ0v) is 9.13. The van der Waals surface area contributed by atoms with Crippen LogP contribution in [0.3, 0.4) is 0 Å². The molecule has 0 saturated carbocycles. The van der Waals surface area contributed by atoms with Crippen molar-refractivity contribution in [3.63, 3.8) is 0 Å². The molecule has 1 amide bonds. The number of carbonyl (C=O) groups excluding carboxylic acids is 1. The van der Waals surface area contributed by atoms with Gasteiger partial charge in [0.2, 0.25) is 0 Å². The molecule has 0 spiro atoms. The highest BCUT2D eigenvalue weighted by molar-refractivity contribution is 5.69. The Morgan fingerprint density at radius 3 is 3.24 bits per heavy atom. The summed E-state index contributed by atoms with van der Waals surface area (Å²) in [5.41, 5.74) is 1.79. The van der Waals surface area contributed by atoms with Crippen LogP contribution >= 0.6 is 0 Å². The van der Waals surface area contributed by atoms with Crippen molar-refractivity contribution in [3.05, 3.63) is 48.4 Å². The summed E-state index contributed by atoms with van der Waals surface area (Å²) >= 11 is 0. The Kier molecular flexibility index (Phi) is 2.55. The number of fused-ring (bicyclic) bond motifs is 1. The Morgan fingerprint density at radius 1 is 1.47 bits per heavy atom. The molecule has 0 aromatic heterocycles. The number of ether oxygens (including phenoxy) is 2. The van der Waals surface area contributed by atoms with Crippen molar-refractivity contribution >= 4 is 5.91 Å². The van der Waals surface area contributed by atoms with Gasteiger partial charge in [-0.1, -0.05) is 10.7 Å². The molecule has 2 aliphatic heterocycles. The molecule has 0 unspecified atom stereocenters. The summed E-state index contributed by atoms with van der Waals surface area (Å²) in [5.74, 6) is -0.151. The Labute approximate surface area is 98.7 Å². The maximum absolute atomic E-state index is 11.4. The van der Waals surface area contributed by atoms with Gasteiger partial charge in [-0.3, -0.25) is 0 Å². The average molecular weight is 231 g/mol. The number of nitrogens with zero attached hydrogens (tertiary/aromatic N) is 2. The second-order valence-electron chi connectivity index (χ2n) is 3.80. The van der Waals surface area contributed by atoms with E-state index in [9.17, 15) is 4.79 Å². The zero-order chi connectivity index (χ0) is 11.7. The molecule has 0 atom stereocenters. The van der Waals surface area contributed by atoms with E-state index >= 15 is 0 Å². The first-order chi connectivity index (χ1) is 8.34. The van der Waals surface area contributed by atoms with Crippen LogP contribution in [-0.2, 0) is 14.3 Å². The SMILES string of the molecule is O=C1CO[CH-][N+]1=NC1=C2C=CC=C[C-]2OCC1. The number of carbonyl (C=O) groups is 1. The van der Waals surface area contributed by atoms with Gasteiger partial charge in [-0.25, -0.2) is 0 Å². The Hall–Kier alpha value is -1.85. The number of rotatable bonds is 1. The molecular weight excluding hydrogens is 220 g/mol. The van der Waals surface area contributed by atoms with Gasteiger partial charge in [0.25, 0.3) is 5.91 Å². The third-order valence-corrected chi connectivity index (χ3v) is 2.66. The quantitative estimate of drug-likeness (QED) is 0.507. The van der Waals surface area contributed by atoms with Gasteiger partial charge in [-0.15, -0.1) is 24.3 Å². The first-order valence-corrected chi connectivity index (χ1v) is 5.41. The molecule has 5 nitrogen and oxygen atoms in total. The van der Waals surface area contributed by atoms with Crippen LogP contribution in [0.25, 0.3) is 0 Å². The van der Waals surface area contributed by atoms with Crippen LogP contribution in [0, 0.1) is 12.8 Å². The summed E-state index contributed by atoms with van der Waals surface area (Å²) < 4.78 is 11.7. The fourth-order valence-electron chi connectivity index (χ4n) is 1.84. The van der Waals surface area contributed by atoms with Crippen LogP contribution in [0.15, 0.2) is 40.7 Å². The Morgan fingerprint density at radius 2 is 2.41 bits per heavy atom. The van der Waals surface area contributed by atoms with E-state index in [1.165, 1.54) is 11.4 Å². The van der Waals surface area contributed by atoms with E-state index in [2.05, 4.69) is 5.11 Å². The molecular formula is C12H11N2O3-. The molecule has 3 rings (SSSR count). The minimum absolute atomic E-state index is 0.0644. The molecule has 0 aromatic rings. The third kappa shape index (κ3) is 1.90. The lowest BCUT2D eigenvalue weighted by Gasteiger charge is -2.30. The van der Waals surface area contributed by atoms with Crippen molar-refractivity contribution in [3.8, 4) is 0 Å². The van der Waals surface area contributed by atoms with Gasteiger partial charge >= 0.3 is 0 Å². The van der Waals surface area contributed by atoms with Crippen molar-refractivity contribution in [2.75, 3.05) is 13.2 Å². The van der Waals surface area contributed by atoms with E-state index in [1.54, 1.807) is 0 Å². The summed E-state index contributed by atoms with van der Waals surface area (Å²) in [6, 6.07) is 0. The molecule has 0 bridgehead atoms. The Balaban J connectivity index is 1.96. The van der Waals surface area contributed by atoms with Gasteiger partial charge in [0.15, 0.2) is 6.73 Å². The van der Waals surface area contributed by atoms with E-state index in [0.717, 1.165) is 17.4 Å². The highest BCUT2D eigenvalue weighted by Gasteiger charge is 2.20. The van der Waals surface area contributed by atoms with Crippen molar-refractivity contribution in [2.45, 2.75) is 6.42 Å². The second kappa shape index (κ2) is 4.20. The third-order valence-electron chi connectivity index (χ3n) is 2.66. The summed E-state index contributed by atoms with van der Waals surface area (Å²) in [5, 5.41) is 4.30. The largest absolute Gasteiger partial charge is 0.392 e. The van der Waals surface area contributed by atoms with Gasteiger partial charge in [0.1, 0.15) is 0 Å². The predicted octanol–water partition coefficient (Wildman–Crippen LogP) is 1.46. The molecule has 1 saturated heterocycles. The minimum Gasteiger partial charge on any atom is -0.392 e. The monoisotopic (exact) mass is 231 g/mol. The normalized spacial score (nSPS) is 25.5. The number of hydrogen-bond donors (Lipinski definition) is 0. The maximum Gasteiger partial charge on any atom is 0.290 e. The fourth-order valence-corrected chi connectivity index (χ4v) is 1.84. The lowest BCUT2D eigenvalue weighted by molar-refractivity contribution is -0.479. The smallest absolute Gasteiger partial charge is 0.290 e. The molecule has 0 radical (unpaired) electrons. The first kappa shape index (κ1) is 10.3. The molecule has 0 aromatic carbocycles. The molecule has 3 aliphatic rings. The van der Waals surface area contributed by atoms with Crippen molar-refractivity contribution in [2.24, 2.45) is 5.11 Å². The number of azo groups is 2. The van der Waals surface area contributed by atoms with Crippen LogP contribution in [0.1, 0.15) is 6.42 Å². The van der Waals surface area contributed by atoms with Crippen LogP contribution in [0.4, 0.5) is 0 Å². The van der Waals surface area contributed by atoms with Crippen molar-refractivity contribution in [1.29, 1.82) is 0 Å². The summed E-state index contributed by atoms with van der Waals surface area (Å²) in [4.78, 5) is 11.4. The van der Waals surface area contributed by atoms with Gasteiger partial charge in [-0.05, 0) is 12.5 Å². The van der Waals surface area contributed by atoms with E-state index in [0.29, 0.717) is 13.0 Å². The highest BCUT2D eigenvalue weighted by atomic mass is 16.5. The lowest BCUT2D eigenvalue weighted by atomic mass is 9.99. The molecule has 88 valence electrons. The number of allylic oxidation sites excluding steroid dienone is 2. The fraction of sp³-hybridized carbons (Fsp3) is 0.250. The minimum atomic E-state index is -0.151. The first-order valence-electron chi connectivity index (χ1n) is 5.41. The van der Waals surface area contributed by atoms with Gasteiger partial charge in [-0.2, -0.15) is 4.70 Å². The van der Waals surface area contributed by atoms with E-state index in [-0.39, 0.29) is 12.5 Å². The van der Waals surface area contributed by atoms with E-state index in [1.807, 2.05) is 24.3 Å². The van der Waals surface area contributed by atoms with Gasteiger partial charge in [0, 0.05) is 12.3 Å². The standard InChI is InChI=1S/C12H11N2O3/c15-12-7-16-8-14(12)13-10-5-6-17-11-4-2-1-3-9(10)11/h1-4,8H,5-7H2/q-1. The van der Waals surface area contributed by atoms with Crippen LogP contribution in [0.5, 0.6) is 0 Å². The number of hydrogen-bond acceptors (Lipinski definition) is 4. The second-order valence-corrected chi connectivity index (χ2v) is 3.80. The molecule has 17 heavy (non-hydrogen) atoms. The van der Waals surface area contributed by atoms with Crippen molar-refractivity contribution < 1.29 is 19.0 Å². The summed E-state index contributed by atoms with van der Waals surface area (Å²) in [6.07, 6.45) is 9.18. The van der Waals surface area contributed by atoms with Gasteiger partial charge in [0.05, 0.1) is 6.61 Å². The van der Waals surface area contributed by atoms with Crippen LogP contribution in [-0.4, -0.2) is 23.8 Å². The molecule has 5 heteroatoms. The van der Waals surface area contributed by atoms with E-state index < -0.39 is 0 Å². The lowest BCUT2D eigenvalue weighted by Crippen LogP contribution is -2.17. The predicted molar refractivity (Wildman–Crippen MR) is 57.1 cm³/mol. The zero-order valence-electron chi connectivity index (χ0n) is 9.13. The highest BCUT2D eigenvalue weighted by Crippen LogP contribution is 2.32. The van der Waals surface area contributed by atoms with Crippen LogP contribution < -0.4 is 0 Å².